The number of rotatable bonds is 5. The Morgan fingerprint density at radius 1 is 1.06 bits per heavy atom. The first-order valence-electron chi connectivity index (χ1n) is 11.4. The quantitative estimate of drug-likeness (QED) is 0.475. The van der Waals surface area contributed by atoms with Crippen LogP contribution in [0.4, 0.5) is 0 Å². The molecule has 0 spiro atoms. The van der Waals surface area contributed by atoms with E-state index in [1.165, 1.54) is 18.4 Å². The maximum atomic E-state index is 13.4. The van der Waals surface area contributed by atoms with E-state index in [2.05, 4.69) is 4.98 Å². The van der Waals surface area contributed by atoms with Crippen LogP contribution in [0.1, 0.15) is 22.8 Å². The molecule has 0 unspecified atom stereocenters. The molecule has 11 heteroatoms. The molecule has 4 aliphatic rings. The zero-order valence-corrected chi connectivity index (χ0v) is 20.9. The third-order valence-corrected chi connectivity index (χ3v) is 10.7. The van der Waals surface area contributed by atoms with Gasteiger partial charge in [-0.15, -0.1) is 11.8 Å². The second kappa shape index (κ2) is 8.12. The number of amides is 2. The minimum absolute atomic E-state index is 0.00158. The Balaban J connectivity index is 1.43. The van der Waals surface area contributed by atoms with Gasteiger partial charge in [0.25, 0.3) is 0 Å². The molecule has 184 valence electrons. The molecule has 2 saturated carbocycles. The van der Waals surface area contributed by atoms with Crippen molar-refractivity contribution < 1.29 is 28.6 Å². The summed E-state index contributed by atoms with van der Waals surface area (Å²) >= 11 is 2.83. The van der Waals surface area contributed by atoms with Gasteiger partial charge in [0.1, 0.15) is 6.54 Å². The number of thiazole rings is 1. The van der Waals surface area contributed by atoms with Crippen molar-refractivity contribution in [1.82, 2.24) is 9.88 Å². The van der Waals surface area contributed by atoms with E-state index >= 15 is 0 Å². The average molecular weight is 517 g/mol. The number of nitrogens with zero attached hydrogens (tertiary/aromatic N) is 1. The lowest BCUT2D eigenvalue weighted by molar-refractivity contribution is -0.151. The Bertz CT molecular complexity index is 1300. The number of methoxy groups -OCH3 is 3. The van der Waals surface area contributed by atoms with E-state index < -0.39 is 17.8 Å². The van der Waals surface area contributed by atoms with Crippen molar-refractivity contribution in [1.29, 1.82) is 0 Å². The van der Waals surface area contributed by atoms with Crippen molar-refractivity contribution in [2.75, 3.05) is 27.9 Å². The number of H-pyrrole nitrogens is 1. The maximum Gasteiger partial charge on any atom is 0.325 e. The van der Waals surface area contributed by atoms with Gasteiger partial charge in [-0.05, 0) is 41.9 Å². The van der Waals surface area contributed by atoms with E-state index in [1.807, 2.05) is 18.2 Å². The average Bonchev–Trinajstić information content (AvgIpc) is 3.59. The topological polar surface area (TPSA) is 115 Å². The number of nitrogens with one attached hydrogen (secondary N) is 1. The molecule has 2 aromatic rings. The molecule has 1 aromatic heterocycles. The molecular weight excluding hydrogens is 492 g/mol. The van der Waals surface area contributed by atoms with E-state index in [4.69, 9.17) is 14.2 Å². The van der Waals surface area contributed by atoms with Crippen LogP contribution in [0, 0.1) is 29.6 Å². The summed E-state index contributed by atoms with van der Waals surface area (Å²) in [5, 5.41) is 0.917. The van der Waals surface area contributed by atoms with Crippen LogP contribution in [0.3, 0.4) is 0 Å². The molecule has 3 heterocycles. The molecule has 7 atom stereocenters. The van der Waals surface area contributed by atoms with Gasteiger partial charge in [-0.3, -0.25) is 24.1 Å². The number of aromatic nitrogens is 1. The molecule has 1 N–H and O–H groups in total. The standard InChI is InChI=1S/C24H24N2O7S2/c1-31-12-5-4-9(6-13(12)32-2)15-16-10-7-11(19(16)34-21-20(15)35-24(30)25-21)18-17(10)22(28)26(23(18)29)8-14(27)33-3/h4-6,10-11,15-19H,7-8H2,1-3H3,(H,25,30)/t10-,11-,15+,16-,17+,18-,19-/m1/s1. The Hall–Kier alpha value is -2.79. The number of hydrogen-bond donors (Lipinski definition) is 1. The first-order chi connectivity index (χ1) is 16.9. The van der Waals surface area contributed by atoms with Gasteiger partial charge < -0.3 is 19.2 Å². The van der Waals surface area contributed by atoms with Crippen LogP contribution in [0.15, 0.2) is 28.0 Å². The number of ether oxygens (including phenoxy) is 3. The number of likely N-dealkylation sites (tertiary alicyclic amines) is 1. The van der Waals surface area contributed by atoms with Crippen LogP contribution in [0.5, 0.6) is 11.5 Å². The third-order valence-electron chi connectivity index (χ3n) is 8.10. The molecule has 6 rings (SSSR count). The summed E-state index contributed by atoms with van der Waals surface area (Å²) in [5.74, 6) is -0.888. The van der Waals surface area contributed by atoms with Crippen molar-refractivity contribution >= 4 is 40.9 Å². The van der Waals surface area contributed by atoms with Gasteiger partial charge in [0.15, 0.2) is 11.5 Å². The highest BCUT2D eigenvalue weighted by molar-refractivity contribution is 8.00. The molecule has 35 heavy (non-hydrogen) atoms. The fourth-order valence-corrected chi connectivity index (χ4v) is 9.74. The third kappa shape index (κ3) is 3.13. The molecule has 2 aliphatic carbocycles. The van der Waals surface area contributed by atoms with Gasteiger partial charge in [-0.25, -0.2) is 0 Å². The molecular formula is C24H24N2O7S2. The van der Waals surface area contributed by atoms with Crippen molar-refractivity contribution in [3.05, 3.63) is 38.3 Å². The number of benzene rings is 1. The zero-order chi connectivity index (χ0) is 24.6. The molecule has 2 aliphatic heterocycles. The number of aromatic amines is 1. The van der Waals surface area contributed by atoms with E-state index in [9.17, 15) is 19.2 Å². The summed E-state index contributed by atoms with van der Waals surface area (Å²) in [6.45, 7) is -0.344. The summed E-state index contributed by atoms with van der Waals surface area (Å²) in [5.41, 5.74) is 0.988. The maximum absolute atomic E-state index is 13.4. The molecule has 9 nitrogen and oxygen atoms in total. The van der Waals surface area contributed by atoms with E-state index in [1.54, 1.807) is 26.0 Å². The number of imide groups is 1. The highest BCUT2D eigenvalue weighted by Crippen LogP contribution is 2.68. The first kappa shape index (κ1) is 22.7. The second-order valence-corrected chi connectivity index (χ2v) is 11.6. The number of thioether (sulfide) groups is 1. The molecule has 1 aromatic carbocycles. The van der Waals surface area contributed by atoms with Gasteiger partial charge >= 0.3 is 10.8 Å². The summed E-state index contributed by atoms with van der Waals surface area (Å²) in [6.07, 6.45) is 0.782. The van der Waals surface area contributed by atoms with Gasteiger partial charge in [0.2, 0.25) is 11.8 Å². The molecule has 2 amide bonds. The van der Waals surface area contributed by atoms with Crippen molar-refractivity contribution in [3.63, 3.8) is 0 Å². The summed E-state index contributed by atoms with van der Waals surface area (Å²) in [6, 6.07) is 5.79. The molecule has 0 radical (unpaired) electrons. The number of carbonyl (C=O) groups excluding carboxylic acids is 3. The summed E-state index contributed by atoms with van der Waals surface area (Å²) in [4.78, 5) is 55.8. The normalized spacial score (nSPS) is 32.3. The molecule has 3 fully saturated rings. The van der Waals surface area contributed by atoms with Gasteiger partial charge in [-0.1, -0.05) is 17.4 Å². The predicted octanol–water partition coefficient (Wildman–Crippen LogP) is 2.10. The zero-order valence-electron chi connectivity index (χ0n) is 19.3. The van der Waals surface area contributed by atoms with Crippen LogP contribution < -0.4 is 14.3 Å². The predicted molar refractivity (Wildman–Crippen MR) is 127 cm³/mol. The lowest BCUT2D eigenvalue weighted by Crippen LogP contribution is -2.42. The van der Waals surface area contributed by atoms with E-state index in [0.29, 0.717) is 11.5 Å². The smallest absolute Gasteiger partial charge is 0.325 e. The van der Waals surface area contributed by atoms with Crippen LogP contribution in [0.2, 0.25) is 0 Å². The molecule has 2 bridgehead atoms. The first-order valence-corrected chi connectivity index (χ1v) is 13.1. The van der Waals surface area contributed by atoms with Crippen molar-refractivity contribution in [2.45, 2.75) is 22.6 Å². The fraction of sp³-hybridized carbons (Fsp3) is 0.500. The van der Waals surface area contributed by atoms with Crippen LogP contribution >= 0.6 is 23.1 Å². The largest absolute Gasteiger partial charge is 0.493 e. The summed E-state index contributed by atoms with van der Waals surface area (Å²) in [7, 11) is 4.41. The number of carbonyl (C=O) groups is 3. The SMILES string of the molecule is COC(=O)CN1C(=O)[C@@H]2[C@H]3C[C@@H]([C@@H]2C1=O)[C@@H]1[C@H](c2ccc(OC)c(OC)c2)c2sc(=O)[nH]c2S[C@H]31. The number of fused-ring (bicyclic) bond motifs is 9. The van der Waals surface area contributed by atoms with Gasteiger partial charge in [-0.2, -0.15) is 0 Å². The highest BCUT2D eigenvalue weighted by Gasteiger charge is 2.69. The van der Waals surface area contributed by atoms with E-state index in [-0.39, 0.29) is 52.2 Å². The minimum atomic E-state index is -0.603. The second-order valence-electron chi connectivity index (χ2n) is 9.41. The Kier molecular flexibility index (Phi) is 5.26. The monoisotopic (exact) mass is 516 g/mol. The molecule has 1 saturated heterocycles. The number of esters is 1. The van der Waals surface area contributed by atoms with E-state index in [0.717, 1.165) is 26.8 Å². The minimum Gasteiger partial charge on any atom is -0.493 e. The van der Waals surface area contributed by atoms with Crippen LogP contribution in [0.25, 0.3) is 0 Å². The fourth-order valence-electron chi connectivity index (χ4n) is 6.85. The van der Waals surface area contributed by atoms with Crippen molar-refractivity contribution in [3.8, 4) is 11.5 Å². The van der Waals surface area contributed by atoms with Crippen LogP contribution in [-0.4, -0.2) is 60.8 Å². The summed E-state index contributed by atoms with van der Waals surface area (Å²) < 4.78 is 15.7. The van der Waals surface area contributed by atoms with Gasteiger partial charge in [0, 0.05) is 16.0 Å². The van der Waals surface area contributed by atoms with Gasteiger partial charge in [0.05, 0.1) is 38.2 Å². The Labute approximate surface area is 209 Å². The Morgan fingerprint density at radius 2 is 1.77 bits per heavy atom. The highest BCUT2D eigenvalue weighted by atomic mass is 32.2. The van der Waals surface area contributed by atoms with Crippen molar-refractivity contribution in [2.24, 2.45) is 29.6 Å². The van der Waals surface area contributed by atoms with Crippen LogP contribution in [-0.2, 0) is 19.1 Å². The Morgan fingerprint density at radius 3 is 2.46 bits per heavy atom. The lowest BCUT2D eigenvalue weighted by Gasteiger charge is -2.43. The lowest BCUT2D eigenvalue weighted by atomic mass is 9.68. The number of hydrogen-bond acceptors (Lipinski definition) is 9.